The first-order valence-electron chi connectivity index (χ1n) is 10.6. The van der Waals surface area contributed by atoms with Gasteiger partial charge in [-0.2, -0.15) is 15.0 Å². The molecule has 32 heavy (non-hydrogen) atoms. The number of para-hydroxylation sites is 2. The van der Waals surface area contributed by atoms with Gasteiger partial charge < -0.3 is 9.80 Å². The molecule has 2 atom stereocenters. The summed E-state index contributed by atoms with van der Waals surface area (Å²) in [6.45, 7) is 4.84. The lowest BCUT2D eigenvalue weighted by Crippen LogP contribution is -2.70. The maximum atomic E-state index is 14.0. The minimum atomic E-state index is -0.660. The topological polar surface area (TPSA) is 57.5 Å². The van der Waals surface area contributed by atoms with Gasteiger partial charge in [0, 0.05) is 30.4 Å². The maximum Gasteiger partial charge on any atom is 0.256 e. The number of nitrogens with zero attached hydrogens (tertiary/aromatic N) is 6. The van der Waals surface area contributed by atoms with E-state index in [1.165, 1.54) is 4.80 Å². The molecule has 166 valence electrons. The number of carbonyl (C=O) groups excluding carboxylic acids is 1. The van der Waals surface area contributed by atoms with E-state index in [0.717, 1.165) is 24.2 Å². The summed E-state index contributed by atoms with van der Waals surface area (Å²) in [5.74, 6) is -0.115. The molecular formula is C23H24Cl2N6O. The molecule has 0 aliphatic carbocycles. The Bertz CT molecular complexity index is 1150. The van der Waals surface area contributed by atoms with Gasteiger partial charge in [0.1, 0.15) is 5.66 Å². The van der Waals surface area contributed by atoms with Crippen molar-refractivity contribution in [2.75, 3.05) is 22.9 Å². The smallest absolute Gasteiger partial charge is 0.256 e. The van der Waals surface area contributed by atoms with Crippen LogP contribution in [0.4, 0.5) is 11.4 Å². The monoisotopic (exact) mass is 470 g/mol. The Morgan fingerprint density at radius 3 is 2.41 bits per heavy atom. The van der Waals surface area contributed by atoms with Gasteiger partial charge in [0.25, 0.3) is 5.91 Å². The Morgan fingerprint density at radius 2 is 1.72 bits per heavy atom. The first-order chi connectivity index (χ1) is 15.3. The van der Waals surface area contributed by atoms with E-state index in [1.54, 1.807) is 35.0 Å². The fraction of sp³-hybridized carbons (Fsp3) is 0.348. The lowest BCUT2D eigenvalue weighted by Gasteiger charge is -2.53. The third-order valence-corrected chi connectivity index (χ3v) is 7.97. The number of halogens is 2. The molecule has 1 saturated heterocycles. The molecule has 0 N–H and O–H groups in total. The van der Waals surface area contributed by atoms with Gasteiger partial charge in [-0.05, 0) is 57.0 Å². The summed E-state index contributed by atoms with van der Waals surface area (Å²) in [4.78, 5) is 19.6. The van der Waals surface area contributed by atoms with Crippen LogP contribution in [-0.4, -0.2) is 50.6 Å². The molecule has 2 aliphatic rings. The third-order valence-electron chi connectivity index (χ3n) is 7.22. The SMILES string of the molecule is CN1c2ccccc2N(Cl)C1(C)C1(C)CCCN1C(=O)c1cc(Cl)ccc1-n1nccn1. The maximum absolute atomic E-state index is 14.0. The quantitative estimate of drug-likeness (QED) is 0.517. The lowest BCUT2D eigenvalue weighted by molar-refractivity contribution is 0.0466. The average Bonchev–Trinajstić information content (AvgIpc) is 3.51. The lowest BCUT2D eigenvalue weighted by atomic mass is 9.83. The van der Waals surface area contributed by atoms with Crippen LogP contribution in [0, 0.1) is 0 Å². The van der Waals surface area contributed by atoms with Gasteiger partial charge in [-0.25, -0.2) is 0 Å². The minimum Gasteiger partial charge on any atom is -0.347 e. The van der Waals surface area contributed by atoms with Crippen LogP contribution in [0.15, 0.2) is 54.9 Å². The summed E-state index contributed by atoms with van der Waals surface area (Å²) >= 11 is 13.3. The van der Waals surface area contributed by atoms with Gasteiger partial charge in [-0.3, -0.25) is 9.21 Å². The Labute approximate surface area is 197 Å². The van der Waals surface area contributed by atoms with Gasteiger partial charge >= 0.3 is 0 Å². The molecule has 7 nitrogen and oxygen atoms in total. The highest BCUT2D eigenvalue weighted by molar-refractivity contribution is 6.31. The largest absolute Gasteiger partial charge is 0.347 e. The van der Waals surface area contributed by atoms with Gasteiger partial charge in [0.2, 0.25) is 0 Å². The second-order valence-corrected chi connectivity index (χ2v) is 9.44. The zero-order valence-corrected chi connectivity index (χ0v) is 19.7. The predicted molar refractivity (Wildman–Crippen MR) is 127 cm³/mol. The van der Waals surface area contributed by atoms with Crippen molar-refractivity contribution in [2.45, 2.75) is 37.9 Å². The molecule has 5 rings (SSSR count). The molecule has 0 saturated carbocycles. The van der Waals surface area contributed by atoms with E-state index in [4.69, 9.17) is 23.4 Å². The number of likely N-dealkylation sites (tertiary alicyclic amines) is 1. The summed E-state index contributed by atoms with van der Waals surface area (Å²) < 4.78 is 1.78. The number of anilines is 2. The number of hydrogen-bond acceptors (Lipinski definition) is 5. The molecular weight excluding hydrogens is 447 g/mol. The van der Waals surface area contributed by atoms with Crippen molar-refractivity contribution < 1.29 is 4.79 Å². The molecule has 3 aromatic rings. The van der Waals surface area contributed by atoms with Gasteiger partial charge in [-0.15, -0.1) is 0 Å². The van der Waals surface area contributed by atoms with E-state index >= 15 is 0 Å². The molecule has 3 heterocycles. The Balaban J connectivity index is 1.59. The molecule has 1 amide bonds. The predicted octanol–water partition coefficient (Wildman–Crippen LogP) is 4.74. The van der Waals surface area contributed by atoms with Crippen LogP contribution in [0.25, 0.3) is 5.69 Å². The van der Waals surface area contributed by atoms with Crippen LogP contribution in [0.3, 0.4) is 0 Å². The standard InChI is InChI=1S/C23H24Cl2N6O/c1-22(23(2)28(3)19-7-4-5-8-20(19)30(23)25)11-6-14-29(22)21(32)17-15-16(24)9-10-18(17)31-26-12-13-27-31/h4-5,7-10,12-13,15H,6,11,14H2,1-3H3. The normalized spacial score (nSPS) is 24.8. The summed E-state index contributed by atoms with van der Waals surface area (Å²) in [6.07, 6.45) is 4.86. The number of hydrogen-bond donors (Lipinski definition) is 0. The van der Waals surface area contributed by atoms with Crippen molar-refractivity contribution in [3.8, 4) is 5.69 Å². The molecule has 2 aromatic carbocycles. The highest BCUT2D eigenvalue weighted by atomic mass is 35.5. The van der Waals surface area contributed by atoms with Gasteiger partial charge in [0.05, 0.1) is 40.6 Å². The van der Waals surface area contributed by atoms with Crippen LogP contribution < -0.4 is 9.32 Å². The van der Waals surface area contributed by atoms with E-state index in [-0.39, 0.29) is 5.91 Å². The van der Waals surface area contributed by atoms with Gasteiger partial charge in [0.15, 0.2) is 0 Å². The zero-order valence-electron chi connectivity index (χ0n) is 18.2. The number of benzene rings is 2. The Morgan fingerprint density at radius 1 is 1.03 bits per heavy atom. The van der Waals surface area contributed by atoms with Crippen LogP contribution in [0.1, 0.15) is 37.0 Å². The molecule has 0 bridgehead atoms. The first-order valence-corrected chi connectivity index (χ1v) is 11.3. The van der Waals surface area contributed by atoms with Crippen molar-refractivity contribution in [2.24, 2.45) is 0 Å². The summed E-state index contributed by atoms with van der Waals surface area (Å²) in [6, 6.07) is 13.2. The molecule has 0 radical (unpaired) electrons. The number of amides is 1. The number of likely N-dealkylation sites (N-methyl/N-ethyl adjacent to an activating group) is 1. The fourth-order valence-electron chi connectivity index (χ4n) is 5.21. The molecule has 9 heteroatoms. The number of fused-ring (bicyclic) bond motifs is 1. The summed E-state index contributed by atoms with van der Waals surface area (Å²) in [5, 5.41) is 8.92. The van der Waals surface area contributed by atoms with E-state index in [2.05, 4.69) is 35.0 Å². The first kappa shape index (κ1) is 21.1. The fourth-order valence-corrected chi connectivity index (χ4v) is 5.82. The van der Waals surface area contributed by atoms with Crippen molar-refractivity contribution >= 4 is 40.7 Å². The van der Waals surface area contributed by atoms with Crippen molar-refractivity contribution in [1.82, 2.24) is 19.9 Å². The van der Waals surface area contributed by atoms with Gasteiger partial charge in [-0.1, -0.05) is 23.7 Å². The number of carbonyl (C=O) groups is 1. The van der Waals surface area contributed by atoms with E-state index in [9.17, 15) is 4.79 Å². The van der Waals surface area contributed by atoms with E-state index in [1.807, 2.05) is 30.1 Å². The molecule has 1 fully saturated rings. The molecule has 2 aliphatic heterocycles. The van der Waals surface area contributed by atoms with Crippen molar-refractivity contribution in [1.29, 1.82) is 0 Å². The van der Waals surface area contributed by atoms with Crippen LogP contribution in [0.2, 0.25) is 5.02 Å². The minimum absolute atomic E-state index is 0.115. The van der Waals surface area contributed by atoms with Crippen LogP contribution >= 0.6 is 23.4 Å². The van der Waals surface area contributed by atoms with E-state index < -0.39 is 11.2 Å². The number of aromatic nitrogens is 3. The molecule has 0 spiro atoms. The Kier molecular flexibility index (Phi) is 4.87. The van der Waals surface area contributed by atoms with Crippen LogP contribution in [-0.2, 0) is 0 Å². The zero-order chi connectivity index (χ0) is 22.7. The summed E-state index contributed by atoms with van der Waals surface area (Å²) in [5.41, 5.74) is 1.79. The third kappa shape index (κ3) is 2.77. The van der Waals surface area contributed by atoms with Crippen molar-refractivity contribution in [3.63, 3.8) is 0 Å². The van der Waals surface area contributed by atoms with Crippen molar-refractivity contribution in [3.05, 3.63) is 65.4 Å². The highest BCUT2D eigenvalue weighted by Crippen LogP contribution is 2.54. The second kappa shape index (κ2) is 7.39. The summed E-state index contributed by atoms with van der Waals surface area (Å²) in [7, 11) is 2.03. The average molecular weight is 471 g/mol. The number of rotatable bonds is 3. The van der Waals surface area contributed by atoms with E-state index in [0.29, 0.717) is 22.8 Å². The molecule has 1 aromatic heterocycles. The highest BCUT2D eigenvalue weighted by Gasteiger charge is 2.61. The van der Waals surface area contributed by atoms with Crippen LogP contribution in [0.5, 0.6) is 0 Å². The molecule has 2 unspecified atom stereocenters. The second-order valence-electron chi connectivity index (χ2n) is 8.66. The Hall–Kier alpha value is -2.77.